The third kappa shape index (κ3) is 7.27. The fourth-order valence-corrected chi connectivity index (χ4v) is 3.38. The molecule has 0 aliphatic heterocycles. The molecule has 3 rings (SSSR count). The first kappa shape index (κ1) is 26.2. The van der Waals surface area contributed by atoms with Crippen LogP contribution in [0, 0.1) is 5.92 Å². The van der Waals surface area contributed by atoms with Crippen LogP contribution in [0.3, 0.4) is 0 Å². The lowest BCUT2D eigenvalue weighted by Gasteiger charge is -2.14. The van der Waals surface area contributed by atoms with Crippen LogP contribution in [0.2, 0.25) is 0 Å². The van der Waals surface area contributed by atoms with Gasteiger partial charge >= 0.3 is 0 Å². The maximum absolute atomic E-state index is 13.0. The monoisotopic (exact) mass is 486 g/mol. The van der Waals surface area contributed by atoms with Gasteiger partial charge in [0.05, 0.1) is 25.6 Å². The van der Waals surface area contributed by atoms with E-state index in [9.17, 15) is 9.59 Å². The molecule has 0 aliphatic rings. The fraction of sp³-hybridized carbons (Fsp3) is 0.214. The Hall–Kier alpha value is -4.46. The van der Waals surface area contributed by atoms with Crippen molar-refractivity contribution in [3.8, 4) is 11.5 Å². The molecule has 0 saturated carbocycles. The number of hydrogen-bond acceptors (Lipinski definition) is 6. The fourth-order valence-electron chi connectivity index (χ4n) is 3.38. The van der Waals surface area contributed by atoms with Crippen molar-refractivity contribution in [2.45, 2.75) is 20.3 Å². The summed E-state index contributed by atoms with van der Waals surface area (Å²) in [5.41, 5.74) is 8.75. The minimum atomic E-state index is -1.03. The lowest BCUT2D eigenvalue weighted by atomic mass is 9.98. The summed E-state index contributed by atoms with van der Waals surface area (Å²) >= 11 is 0. The number of nitrogens with zero attached hydrogens (tertiary/aromatic N) is 2. The van der Waals surface area contributed by atoms with Gasteiger partial charge in [0.1, 0.15) is 17.4 Å². The zero-order chi connectivity index (χ0) is 25.9. The Labute approximate surface area is 211 Å². The van der Waals surface area contributed by atoms with E-state index in [0.717, 1.165) is 28.2 Å². The highest BCUT2D eigenvalue weighted by molar-refractivity contribution is 6.04. The number of amides is 2. The number of carbonyl (C=O) groups excluding carboxylic acids is 2. The molecule has 0 saturated heterocycles. The highest BCUT2D eigenvalue weighted by Gasteiger charge is 2.27. The van der Waals surface area contributed by atoms with Gasteiger partial charge in [-0.1, -0.05) is 30.3 Å². The second kappa shape index (κ2) is 12.9. The summed E-state index contributed by atoms with van der Waals surface area (Å²) in [6.45, 7) is 3.55. The van der Waals surface area contributed by atoms with E-state index in [1.807, 2.05) is 78.9 Å². The predicted molar refractivity (Wildman–Crippen MR) is 140 cm³/mol. The molecule has 3 aromatic carbocycles. The van der Waals surface area contributed by atoms with Crippen LogP contribution < -0.4 is 20.3 Å². The molecule has 2 amide bonds. The standard InChI is InChI=1S/C28H30N4O4/c1-19(22-10-14-24(35-3)15-11-22)29-31-27(33)26(18-21-8-6-5-7-9-21)28(34)32-30-20(2)23-12-16-25(36-4)17-13-23/h5-17,26H,18H2,1-4H3,(H,31,33)(H,32,34)/b29-19-,30-20+. The van der Waals surface area contributed by atoms with Crippen molar-refractivity contribution in [2.24, 2.45) is 16.1 Å². The Morgan fingerprint density at radius 1 is 0.694 bits per heavy atom. The molecule has 0 heterocycles. The third-order valence-electron chi connectivity index (χ3n) is 5.60. The van der Waals surface area contributed by atoms with Crippen LogP contribution in [-0.4, -0.2) is 37.5 Å². The van der Waals surface area contributed by atoms with Gasteiger partial charge < -0.3 is 9.47 Å². The van der Waals surface area contributed by atoms with Crippen molar-refractivity contribution in [3.05, 3.63) is 95.6 Å². The molecule has 1 unspecified atom stereocenters. The van der Waals surface area contributed by atoms with Crippen LogP contribution in [0.5, 0.6) is 11.5 Å². The summed E-state index contributed by atoms with van der Waals surface area (Å²) in [5, 5.41) is 8.40. The summed E-state index contributed by atoms with van der Waals surface area (Å²) in [6.07, 6.45) is 0.201. The highest BCUT2D eigenvalue weighted by Crippen LogP contribution is 2.14. The van der Waals surface area contributed by atoms with E-state index in [4.69, 9.17) is 9.47 Å². The molecular weight excluding hydrogens is 456 g/mol. The number of carbonyl (C=O) groups is 2. The van der Waals surface area contributed by atoms with E-state index in [2.05, 4.69) is 21.1 Å². The predicted octanol–water partition coefficient (Wildman–Crippen LogP) is 3.94. The van der Waals surface area contributed by atoms with Crippen molar-refractivity contribution in [3.63, 3.8) is 0 Å². The van der Waals surface area contributed by atoms with E-state index in [0.29, 0.717) is 11.4 Å². The molecule has 0 aliphatic carbocycles. The maximum atomic E-state index is 13.0. The van der Waals surface area contributed by atoms with Gasteiger partial charge in [0.2, 0.25) is 0 Å². The number of nitrogens with one attached hydrogen (secondary N) is 2. The average molecular weight is 487 g/mol. The topological polar surface area (TPSA) is 101 Å². The van der Waals surface area contributed by atoms with Crippen molar-refractivity contribution >= 4 is 23.2 Å². The molecule has 186 valence electrons. The molecule has 8 nitrogen and oxygen atoms in total. The van der Waals surface area contributed by atoms with Gasteiger partial charge in [-0.25, -0.2) is 10.9 Å². The van der Waals surface area contributed by atoms with Gasteiger partial charge in [0.15, 0.2) is 0 Å². The Balaban J connectivity index is 1.74. The summed E-state index contributed by atoms with van der Waals surface area (Å²) in [4.78, 5) is 26.1. The summed E-state index contributed by atoms with van der Waals surface area (Å²) < 4.78 is 10.3. The number of hydrazone groups is 2. The smallest absolute Gasteiger partial charge is 0.253 e. The first-order valence-corrected chi connectivity index (χ1v) is 11.4. The molecule has 36 heavy (non-hydrogen) atoms. The molecule has 0 aromatic heterocycles. The minimum absolute atomic E-state index is 0.201. The van der Waals surface area contributed by atoms with E-state index < -0.39 is 17.7 Å². The van der Waals surface area contributed by atoms with Gasteiger partial charge in [-0.05, 0) is 85.5 Å². The van der Waals surface area contributed by atoms with Crippen LogP contribution in [-0.2, 0) is 16.0 Å². The Kier molecular flexibility index (Phi) is 9.33. The molecule has 0 fully saturated rings. The van der Waals surface area contributed by atoms with Crippen molar-refractivity contribution in [1.29, 1.82) is 0 Å². The lowest BCUT2D eigenvalue weighted by molar-refractivity contribution is -0.135. The number of methoxy groups -OCH3 is 2. The Morgan fingerprint density at radius 2 is 1.11 bits per heavy atom. The first-order chi connectivity index (χ1) is 17.4. The summed E-state index contributed by atoms with van der Waals surface area (Å²) in [5.74, 6) is -0.642. The Bertz CT molecular complexity index is 1140. The summed E-state index contributed by atoms with van der Waals surface area (Å²) in [6, 6.07) is 23.9. The SMILES string of the molecule is COc1ccc(/C(C)=N\NC(=O)C(Cc2ccccc2)C(=O)N/N=C(\C)c2ccc(OC)cc2)cc1. The van der Waals surface area contributed by atoms with Gasteiger partial charge in [0, 0.05) is 0 Å². The number of ether oxygens (including phenoxy) is 2. The molecular formula is C28H30N4O4. The van der Waals surface area contributed by atoms with Crippen LogP contribution in [0.25, 0.3) is 0 Å². The molecule has 8 heteroatoms. The highest BCUT2D eigenvalue weighted by atomic mass is 16.5. The summed E-state index contributed by atoms with van der Waals surface area (Å²) in [7, 11) is 3.19. The van der Waals surface area contributed by atoms with Gasteiger partial charge in [-0.2, -0.15) is 10.2 Å². The van der Waals surface area contributed by atoms with Gasteiger partial charge in [-0.15, -0.1) is 0 Å². The van der Waals surface area contributed by atoms with Crippen LogP contribution in [0.15, 0.2) is 89.1 Å². The van der Waals surface area contributed by atoms with E-state index in [1.54, 1.807) is 28.1 Å². The van der Waals surface area contributed by atoms with E-state index in [1.165, 1.54) is 0 Å². The lowest BCUT2D eigenvalue weighted by Crippen LogP contribution is -2.40. The zero-order valence-electron chi connectivity index (χ0n) is 20.8. The number of rotatable bonds is 10. The quantitative estimate of drug-likeness (QED) is 0.257. The first-order valence-electron chi connectivity index (χ1n) is 11.4. The normalized spacial score (nSPS) is 12.4. The van der Waals surface area contributed by atoms with Crippen molar-refractivity contribution < 1.29 is 19.1 Å². The Morgan fingerprint density at radius 3 is 1.50 bits per heavy atom. The second-order valence-corrected chi connectivity index (χ2v) is 8.05. The molecule has 0 bridgehead atoms. The van der Waals surface area contributed by atoms with Gasteiger partial charge in [0.25, 0.3) is 11.8 Å². The van der Waals surface area contributed by atoms with Crippen molar-refractivity contribution in [1.82, 2.24) is 10.9 Å². The molecule has 3 aromatic rings. The van der Waals surface area contributed by atoms with Crippen molar-refractivity contribution in [2.75, 3.05) is 14.2 Å². The molecule has 2 N–H and O–H groups in total. The number of hydrogen-bond donors (Lipinski definition) is 2. The van der Waals surface area contributed by atoms with E-state index in [-0.39, 0.29) is 6.42 Å². The van der Waals surface area contributed by atoms with Gasteiger partial charge in [-0.3, -0.25) is 9.59 Å². The third-order valence-corrected chi connectivity index (χ3v) is 5.60. The number of benzene rings is 3. The molecule has 0 radical (unpaired) electrons. The minimum Gasteiger partial charge on any atom is -0.497 e. The maximum Gasteiger partial charge on any atom is 0.253 e. The largest absolute Gasteiger partial charge is 0.497 e. The van der Waals surface area contributed by atoms with Crippen LogP contribution in [0.1, 0.15) is 30.5 Å². The van der Waals surface area contributed by atoms with E-state index >= 15 is 0 Å². The second-order valence-electron chi connectivity index (χ2n) is 8.05. The molecule has 1 atom stereocenters. The zero-order valence-corrected chi connectivity index (χ0v) is 20.8. The molecule has 0 spiro atoms. The van der Waals surface area contributed by atoms with Crippen LogP contribution >= 0.6 is 0 Å². The van der Waals surface area contributed by atoms with Crippen LogP contribution in [0.4, 0.5) is 0 Å². The average Bonchev–Trinajstić information content (AvgIpc) is 2.93.